The molecule has 0 aliphatic heterocycles. The number of hydrogen-bond donors (Lipinski definition) is 2. The molecule has 2 N–H and O–H groups in total. The van der Waals surface area contributed by atoms with Crippen molar-refractivity contribution < 1.29 is 14.7 Å². The van der Waals surface area contributed by atoms with Crippen LogP contribution in [0, 0.1) is 6.92 Å². The Bertz CT molecular complexity index is 483. The Hall–Kier alpha value is -1.63. The number of carbonyl (C=O) groups is 2. The van der Waals surface area contributed by atoms with Gasteiger partial charge in [0.15, 0.2) is 0 Å². The second kappa shape index (κ2) is 6.69. The number of carboxylic acids is 1. The lowest BCUT2D eigenvalue weighted by molar-refractivity contribution is -0.144. The van der Waals surface area contributed by atoms with E-state index < -0.39 is 11.5 Å². The molecule has 6 nitrogen and oxygen atoms in total. The van der Waals surface area contributed by atoms with Crippen LogP contribution in [0.3, 0.4) is 0 Å². The first-order chi connectivity index (χ1) is 9.36. The highest BCUT2D eigenvalue weighted by Gasteiger charge is 2.37. The zero-order chi connectivity index (χ0) is 15.3. The van der Waals surface area contributed by atoms with Crippen LogP contribution in [0.1, 0.15) is 37.3 Å². The molecule has 1 aromatic rings. The molecule has 20 heavy (non-hydrogen) atoms. The van der Waals surface area contributed by atoms with Crippen molar-refractivity contribution in [2.24, 2.45) is 0 Å². The van der Waals surface area contributed by atoms with Gasteiger partial charge in [-0.2, -0.15) is 0 Å². The van der Waals surface area contributed by atoms with Crippen LogP contribution in [0.5, 0.6) is 0 Å². The number of urea groups is 1. The summed E-state index contributed by atoms with van der Waals surface area (Å²) in [4.78, 5) is 30.1. The molecule has 1 rings (SSSR count). The minimum atomic E-state index is -1.20. The number of nitrogens with zero attached hydrogens (tertiary/aromatic N) is 2. The van der Waals surface area contributed by atoms with Crippen molar-refractivity contribution in [1.29, 1.82) is 0 Å². The Morgan fingerprint density at radius 2 is 2.05 bits per heavy atom. The van der Waals surface area contributed by atoms with Crippen molar-refractivity contribution >= 4 is 23.3 Å². The number of carboxylic acid groups (broad SMARTS) is 1. The first-order valence-corrected chi connectivity index (χ1v) is 7.40. The van der Waals surface area contributed by atoms with Crippen molar-refractivity contribution in [3.05, 3.63) is 16.1 Å². The van der Waals surface area contributed by atoms with Crippen molar-refractivity contribution in [2.75, 3.05) is 7.05 Å². The summed E-state index contributed by atoms with van der Waals surface area (Å²) in [5, 5.41) is 11.9. The number of thiazole rings is 1. The highest BCUT2D eigenvalue weighted by molar-refractivity contribution is 7.09. The number of aromatic nitrogens is 1. The zero-order valence-corrected chi connectivity index (χ0v) is 13.1. The third-order valence-corrected chi connectivity index (χ3v) is 4.45. The van der Waals surface area contributed by atoms with Crippen molar-refractivity contribution in [1.82, 2.24) is 15.2 Å². The van der Waals surface area contributed by atoms with E-state index in [1.165, 1.54) is 16.2 Å². The SMILES string of the molecule is CCC(CC)(NC(=O)N(C)Cc1scnc1C)C(=O)O. The summed E-state index contributed by atoms with van der Waals surface area (Å²) in [5.41, 5.74) is 1.43. The van der Waals surface area contributed by atoms with E-state index in [0.29, 0.717) is 19.4 Å². The number of aliphatic carboxylic acids is 1. The molecule has 0 saturated heterocycles. The standard InChI is InChI=1S/C13H21N3O3S/c1-5-13(6-2,11(17)18)15-12(19)16(4)7-10-9(3)14-8-20-10/h8H,5-7H2,1-4H3,(H,15,19)(H,17,18). The molecule has 0 atom stereocenters. The quantitative estimate of drug-likeness (QED) is 0.844. The van der Waals surface area contributed by atoms with Crippen molar-refractivity contribution in [3.63, 3.8) is 0 Å². The van der Waals surface area contributed by atoms with Gasteiger partial charge >= 0.3 is 12.0 Å². The largest absolute Gasteiger partial charge is 0.480 e. The van der Waals surface area contributed by atoms with E-state index in [4.69, 9.17) is 0 Å². The third kappa shape index (κ3) is 3.47. The summed E-state index contributed by atoms with van der Waals surface area (Å²) in [6.07, 6.45) is 0.690. The minimum Gasteiger partial charge on any atom is -0.480 e. The Balaban J connectivity index is 2.74. The lowest BCUT2D eigenvalue weighted by Gasteiger charge is -2.30. The van der Waals surface area contributed by atoms with Crippen LogP contribution in [0.25, 0.3) is 0 Å². The molecule has 0 spiro atoms. The van der Waals surface area contributed by atoms with Gasteiger partial charge in [-0.05, 0) is 19.8 Å². The van der Waals surface area contributed by atoms with E-state index in [1.54, 1.807) is 26.4 Å². The molecule has 0 aliphatic carbocycles. The fourth-order valence-corrected chi connectivity index (χ4v) is 2.68. The van der Waals surface area contributed by atoms with Gasteiger partial charge in [0, 0.05) is 11.9 Å². The molecular weight excluding hydrogens is 278 g/mol. The first kappa shape index (κ1) is 16.4. The van der Waals surface area contributed by atoms with E-state index in [2.05, 4.69) is 10.3 Å². The molecule has 1 heterocycles. The van der Waals surface area contributed by atoms with E-state index in [9.17, 15) is 14.7 Å². The van der Waals surface area contributed by atoms with Gasteiger partial charge in [-0.1, -0.05) is 13.8 Å². The van der Waals surface area contributed by atoms with Crippen LogP contribution in [-0.4, -0.2) is 39.6 Å². The maximum absolute atomic E-state index is 12.2. The van der Waals surface area contributed by atoms with Crippen molar-refractivity contribution in [2.45, 2.75) is 45.7 Å². The van der Waals surface area contributed by atoms with Crippen LogP contribution >= 0.6 is 11.3 Å². The predicted molar refractivity (Wildman–Crippen MR) is 77.8 cm³/mol. The number of nitrogens with one attached hydrogen (secondary N) is 1. The van der Waals surface area contributed by atoms with Crippen LogP contribution in [0.15, 0.2) is 5.51 Å². The molecule has 0 saturated carbocycles. The van der Waals surface area contributed by atoms with Crippen LogP contribution in [0.2, 0.25) is 0 Å². The Labute approximate surface area is 122 Å². The Kier molecular flexibility index (Phi) is 5.50. The van der Waals surface area contributed by atoms with Crippen LogP contribution < -0.4 is 5.32 Å². The first-order valence-electron chi connectivity index (χ1n) is 6.52. The summed E-state index contributed by atoms with van der Waals surface area (Å²) < 4.78 is 0. The zero-order valence-electron chi connectivity index (χ0n) is 12.3. The summed E-state index contributed by atoms with van der Waals surface area (Å²) in [7, 11) is 1.65. The maximum atomic E-state index is 12.2. The number of aryl methyl sites for hydroxylation is 1. The van der Waals surface area contributed by atoms with Gasteiger partial charge in [0.1, 0.15) is 5.54 Å². The summed E-state index contributed by atoms with van der Waals surface area (Å²) >= 11 is 1.48. The molecule has 0 aromatic carbocycles. The Morgan fingerprint density at radius 3 is 2.45 bits per heavy atom. The number of rotatable bonds is 6. The number of amides is 2. The number of carbonyl (C=O) groups excluding carboxylic acids is 1. The molecule has 0 aliphatic rings. The van der Waals surface area contributed by atoms with E-state index in [1.807, 2.05) is 6.92 Å². The van der Waals surface area contributed by atoms with E-state index in [0.717, 1.165) is 10.6 Å². The fourth-order valence-electron chi connectivity index (χ4n) is 1.85. The average molecular weight is 299 g/mol. The van der Waals surface area contributed by atoms with E-state index in [-0.39, 0.29) is 6.03 Å². The Morgan fingerprint density at radius 1 is 1.45 bits per heavy atom. The topological polar surface area (TPSA) is 82.5 Å². The monoisotopic (exact) mass is 299 g/mol. The second-order valence-corrected chi connectivity index (χ2v) is 5.68. The second-order valence-electron chi connectivity index (χ2n) is 4.74. The molecule has 112 valence electrons. The predicted octanol–water partition coefficient (Wildman–Crippen LogP) is 2.24. The molecule has 0 unspecified atom stereocenters. The van der Waals surface area contributed by atoms with Gasteiger partial charge in [0.2, 0.25) is 0 Å². The maximum Gasteiger partial charge on any atom is 0.329 e. The van der Waals surface area contributed by atoms with Crippen molar-refractivity contribution in [3.8, 4) is 0 Å². The molecule has 0 fully saturated rings. The van der Waals surface area contributed by atoms with Gasteiger partial charge in [-0.15, -0.1) is 11.3 Å². The normalized spacial score (nSPS) is 11.2. The minimum absolute atomic E-state index is 0.345. The van der Waals surface area contributed by atoms with Gasteiger partial charge in [0.25, 0.3) is 0 Å². The molecule has 7 heteroatoms. The smallest absolute Gasteiger partial charge is 0.329 e. The summed E-state index contributed by atoms with van der Waals surface area (Å²) in [6, 6.07) is -0.385. The molecular formula is C13H21N3O3S. The summed E-state index contributed by atoms with van der Waals surface area (Å²) in [5.74, 6) is -1.00. The summed E-state index contributed by atoms with van der Waals surface area (Å²) in [6.45, 7) is 5.82. The van der Waals surface area contributed by atoms with E-state index >= 15 is 0 Å². The molecule has 1 aromatic heterocycles. The lowest BCUT2D eigenvalue weighted by atomic mass is 9.93. The molecule has 0 radical (unpaired) electrons. The van der Waals surface area contributed by atoms with Crippen LogP contribution in [0.4, 0.5) is 4.79 Å². The third-order valence-electron chi connectivity index (χ3n) is 3.54. The number of hydrogen-bond acceptors (Lipinski definition) is 4. The molecule has 0 bridgehead atoms. The fraction of sp³-hybridized carbons (Fsp3) is 0.615. The lowest BCUT2D eigenvalue weighted by Crippen LogP contribution is -2.56. The van der Waals surface area contributed by atoms with Gasteiger partial charge in [-0.3, -0.25) is 0 Å². The molecule has 2 amide bonds. The average Bonchev–Trinajstić information content (AvgIpc) is 2.81. The van der Waals surface area contributed by atoms with Gasteiger partial charge < -0.3 is 15.3 Å². The highest BCUT2D eigenvalue weighted by Crippen LogP contribution is 2.18. The van der Waals surface area contributed by atoms with Gasteiger partial charge in [-0.25, -0.2) is 14.6 Å². The van der Waals surface area contributed by atoms with Crippen LogP contribution in [-0.2, 0) is 11.3 Å². The van der Waals surface area contributed by atoms with Gasteiger partial charge in [0.05, 0.1) is 17.7 Å². The highest BCUT2D eigenvalue weighted by atomic mass is 32.1.